The third-order valence-corrected chi connectivity index (χ3v) is 4.40. The van der Waals surface area contributed by atoms with Crippen molar-refractivity contribution < 1.29 is 0 Å². The van der Waals surface area contributed by atoms with Crippen LogP contribution in [0.15, 0.2) is 58.3 Å². The van der Waals surface area contributed by atoms with E-state index in [2.05, 4.69) is 40.9 Å². The Morgan fingerprint density at radius 1 is 0.720 bits per heavy atom. The third kappa shape index (κ3) is 3.94. The van der Waals surface area contributed by atoms with Crippen LogP contribution in [0.2, 0.25) is 0 Å². The number of nitrogens with zero attached hydrogens (tertiary/aromatic N) is 1. The number of pyridine rings is 1. The van der Waals surface area contributed by atoms with Crippen molar-refractivity contribution in [2.45, 2.75) is 16.7 Å². The van der Waals surface area contributed by atoms with E-state index in [0.29, 0.717) is 23.0 Å². The van der Waals surface area contributed by atoms with E-state index in [0.717, 1.165) is 26.7 Å². The Kier molecular flexibility index (Phi) is 4.96. The van der Waals surface area contributed by atoms with Crippen LogP contribution in [0, 0.1) is 6.92 Å². The third-order valence-electron chi connectivity index (χ3n) is 3.80. The summed E-state index contributed by atoms with van der Waals surface area (Å²) in [7, 11) is 0. The summed E-state index contributed by atoms with van der Waals surface area (Å²) in [5, 5.41) is 6.45. The summed E-state index contributed by atoms with van der Waals surface area (Å²) in [6.07, 6.45) is 0. The molecule has 7 heteroatoms. The van der Waals surface area contributed by atoms with E-state index in [-0.39, 0.29) is 0 Å². The standard InChI is InChI=1S/C18H19N5S2/c1-10-15(19)17(21-11-2-6-13(24)7-3-11)23-18(16(10)20)22-12-4-8-14(25)9-5-12/h2-9,24-25H,19-20H2,1H3,(H2,21,22,23). The molecule has 0 fully saturated rings. The fourth-order valence-corrected chi connectivity index (χ4v) is 2.58. The van der Waals surface area contributed by atoms with Crippen LogP contribution in [0.5, 0.6) is 0 Å². The lowest BCUT2D eigenvalue weighted by Crippen LogP contribution is -2.08. The molecule has 0 aliphatic rings. The smallest absolute Gasteiger partial charge is 0.156 e. The zero-order chi connectivity index (χ0) is 18.0. The molecular formula is C18H19N5S2. The highest BCUT2D eigenvalue weighted by Gasteiger charge is 2.13. The minimum absolute atomic E-state index is 0.517. The largest absolute Gasteiger partial charge is 0.395 e. The first-order valence-corrected chi connectivity index (χ1v) is 8.51. The molecule has 0 saturated carbocycles. The number of rotatable bonds is 4. The Labute approximate surface area is 157 Å². The van der Waals surface area contributed by atoms with Crippen molar-refractivity contribution in [3.05, 3.63) is 54.1 Å². The molecule has 0 spiro atoms. The summed E-state index contributed by atoms with van der Waals surface area (Å²) in [6, 6.07) is 15.2. The van der Waals surface area contributed by atoms with E-state index < -0.39 is 0 Å². The van der Waals surface area contributed by atoms with E-state index in [1.165, 1.54) is 0 Å². The number of nitrogens with one attached hydrogen (secondary N) is 2. The van der Waals surface area contributed by atoms with E-state index in [4.69, 9.17) is 11.5 Å². The quantitative estimate of drug-likeness (QED) is 0.378. The number of benzene rings is 2. The number of hydrogen-bond acceptors (Lipinski definition) is 7. The maximum Gasteiger partial charge on any atom is 0.156 e. The first-order valence-electron chi connectivity index (χ1n) is 7.61. The van der Waals surface area contributed by atoms with Crippen LogP contribution in [0.25, 0.3) is 0 Å². The summed E-state index contributed by atoms with van der Waals surface area (Å²) in [4.78, 5) is 6.33. The molecule has 0 bridgehead atoms. The van der Waals surface area contributed by atoms with Gasteiger partial charge in [0.15, 0.2) is 11.6 Å². The monoisotopic (exact) mass is 369 g/mol. The van der Waals surface area contributed by atoms with Gasteiger partial charge in [-0.05, 0) is 55.5 Å². The minimum Gasteiger partial charge on any atom is -0.395 e. The SMILES string of the molecule is Cc1c(N)c(Nc2ccc(S)cc2)nc(Nc2ccc(S)cc2)c1N. The molecule has 25 heavy (non-hydrogen) atoms. The zero-order valence-corrected chi connectivity index (χ0v) is 15.4. The Morgan fingerprint density at radius 2 is 1.08 bits per heavy atom. The Bertz CT molecular complexity index is 821. The average Bonchev–Trinajstić information content (AvgIpc) is 2.61. The number of nitrogens with two attached hydrogens (primary N) is 2. The molecule has 0 saturated heterocycles. The normalized spacial score (nSPS) is 10.5. The fraction of sp³-hybridized carbons (Fsp3) is 0.0556. The number of nitrogen functional groups attached to an aromatic ring is 2. The highest BCUT2D eigenvalue weighted by atomic mass is 32.1. The molecule has 0 atom stereocenters. The first-order chi connectivity index (χ1) is 11.9. The number of aromatic nitrogens is 1. The van der Waals surface area contributed by atoms with Crippen molar-refractivity contribution in [1.29, 1.82) is 0 Å². The van der Waals surface area contributed by atoms with Gasteiger partial charge in [0, 0.05) is 26.7 Å². The van der Waals surface area contributed by atoms with Gasteiger partial charge in [-0.25, -0.2) is 4.98 Å². The van der Waals surface area contributed by atoms with Crippen molar-refractivity contribution >= 4 is 59.6 Å². The number of thiol groups is 2. The van der Waals surface area contributed by atoms with Crippen LogP contribution in [-0.2, 0) is 0 Å². The topological polar surface area (TPSA) is 89.0 Å². The molecule has 6 N–H and O–H groups in total. The molecule has 3 aromatic rings. The predicted octanol–water partition coefficient (Wildman–Crippen LogP) is 4.62. The van der Waals surface area contributed by atoms with Crippen LogP contribution in [-0.4, -0.2) is 4.98 Å². The Balaban J connectivity index is 1.94. The summed E-state index contributed by atoms with van der Waals surface area (Å²) in [6.45, 7) is 1.87. The molecule has 5 nitrogen and oxygen atoms in total. The summed E-state index contributed by atoms with van der Waals surface area (Å²) in [5.41, 5.74) is 15.9. The average molecular weight is 370 g/mol. The van der Waals surface area contributed by atoms with Crippen molar-refractivity contribution in [2.24, 2.45) is 0 Å². The second kappa shape index (κ2) is 7.16. The molecule has 1 heterocycles. The summed E-state index contributed by atoms with van der Waals surface area (Å²) in [5.74, 6) is 1.10. The lowest BCUT2D eigenvalue weighted by atomic mass is 10.2. The lowest BCUT2D eigenvalue weighted by molar-refractivity contribution is 1.27. The van der Waals surface area contributed by atoms with Crippen molar-refractivity contribution in [3.63, 3.8) is 0 Å². The highest BCUT2D eigenvalue weighted by molar-refractivity contribution is 7.80. The Morgan fingerprint density at radius 3 is 1.44 bits per heavy atom. The number of hydrogen-bond donors (Lipinski definition) is 6. The van der Waals surface area contributed by atoms with Crippen LogP contribution in [0.4, 0.5) is 34.4 Å². The molecule has 0 aliphatic carbocycles. The highest BCUT2D eigenvalue weighted by Crippen LogP contribution is 2.34. The molecule has 3 rings (SSSR count). The van der Waals surface area contributed by atoms with E-state index >= 15 is 0 Å². The molecular weight excluding hydrogens is 350 g/mol. The predicted molar refractivity (Wildman–Crippen MR) is 112 cm³/mol. The van der Waals surface area contributed by atoms with Gasteiger partial charge in [-0.15, -0.1) is 25.3 Å². The second-order valence-corrected chi connectivity index (χ2v) is 6.64. The summed E-state index contributed by atoms with van der Waals surface area (Å²) < 4.78 is 0. The van der Waals surface area contributed by atoms with Crippen molar-refractivity contribution in [3.8, 4) is 0 Å². The van der Waals surface area contributed by atoms with E-state index in [9.17, 15) is 0 Å². The van der Waals surface area contributed by atoms with Crippen molar-refractivity contribution in [2.75, 3.05) is 22.1 Å². The van der Waals surface area contributed by atoms with Gasteiger partial charge < -0.3 is 22.1 Å². The molecule has 0 amide bonds. The van der Waals surface area contributed by atoms with Gasteiger partial charge in [0.05, 0.1) is 11.4 Å². The van der Waals surface area contributed by atoms with Gasteiger partial charge in [0.1, 0.15) is 0 Å². The zero-order valence-electron chi connectivity index (χ0n) is 13.6. The van der Waals surface area contributed by atoms with Crippen LogP contribution >= 0.6 is 25.3 Å². The Hall–Kier alpha value is -2.51. The van der Waals surface area contributed by atoms with Gasteiger partial charge in [-0.2, -0.15) is 0 Å². The second-order valence-electron chi connectivity index (χ2n) is 5.61. The van der Waals surface area contributed by atoms with Crippen LogP contribution < -0.4 is 22.1 Å². The van der Waals surface area contributed by atoms with E-state index in [1.807, 2.05) is 55.5 Å². The van der Waals surface area contributed by atoms with Gasteiger partial charge in [-0.1, -0.05) is 0 Å². The first kappa shape index (κ1) is 17.3. The van der Waals surface area contributed by atoms with Gasteiger partial charge >= 0.3 is 0 Å². The number of anilines is 6. The van der Waals surface area contributed by atoms with Gasteiger partial charge in [-0.3, -0.25) is 0 Å². The maximum atomic E-state index is 6.19. The molecule has 1 aromatic heterocycles. The molecule has 0 unspecified atom stereocenters. The summed E-state index contributed by atoms with van der Waals surface area (Å²) >= 11 is 8.57. The van der Waals surface area contributed by atoms with Crippen LogP contribution in [0.3, 0.4) is 0 Å². The maximum absolute atomic E-state index is 6.19. The molecule has 128 valence electrons. The fourth-order valence-electron chi connectivity index (χ4n) is 2.29. The van der Waals surface area contributed by atoms with Gasteiger partial charge in [0.25, 0.3) is 0 Å². The molecule has 2 aromatic carbocycles. The molecule has 0 aliphatic heterocycles. The van der Waals surface area contributed by atoms with Crippen LogP contribution in [0.1, 0.15) is 5.56 Å². The van der Waals surface area contributed by atoms with Gasteiger partial charge in [0.2, 0.25) is 0 Å². The molecule has 0 radical (unpaired) electrons. The van der Waals surface area contributed by atoms with E-state index in [1.54, 1.807) is 0 Å². The lowest BCUT2D eigenvalue weighted by Gasteiger charge is -2.17. The van der Waals surface area contributed by atoms with Crippen molar-refractivity contribution in [1.82, 2.24) is 4.98 Å². The minimum atomic E-state index is 0.517.